The molecular weight excluding hydrogens is 280 g/mol. The monoisotopic (exact) mass is 304 g/mol. The Morgan fingerprint density at radius 1 is 1.41 bits per heavy atom. The van der Waals surface area contributed by atoms with E-state index in [1.807, 2.05) is 18.2 Å². The number of nitrogens with zero attached hydrogens (tertiary/aromatic N) is 1. The van der Waals surface area contributed by atoms with Gasteiger partial charge in [-0.15, -0.1) is 0 Å². The molecule has 1 aromatic carbocycles. The fourth-order valence-electron chi connectivity index (χ4n) is 2.47. The van der Waals surface area contributed by atoms with Crippen LogP contribution in [0.1, 0.15) is 35.2 Å². The first-order chi connectivity index (χ1) is 10.5. The Morgan fingerprint density at radius 3 is 2.77 bits per heavy atom. The number of nitrogens with one attached hydrogen (secondary N) is 1. The third kappa shape index (κ3) is 4.56. The lowest BCUT2D eigenvalue weighted by Gasteiger charge is -2.20. The van der Waals surface area contributed by atoms with E-state index in [4.69, 9.17) is 0 Å². The number of hydrogen-bond donors (Lipinski definition) is 2. The number of likely N-dealkylation sites (N-methyl/N-ethyl adjacent to an activating group) is 1. The molecule has 5 nitrogen and oxygen atoms in total. The van der Waals surface area contributed by atoms with Crippen LogP contribution in [0.4, 0.5) is 0 Å². The highest BCUT2D eigenvalue weighted by Crippen LogP contribution is 2.32. The van der Waals surface area contributed by atoms with Crippen LogP contribution in [0.5, 0.6) is 0 Å². The first-order valence-electron chi connectivity index (χ1n) is 7.74. The lowest BCUT2D eigenvalue weighted by Crippen LogP contribution is -2.35. The maximum absolute atomic E-state index is 12.1. The molecule has 0 radical (unpaired) electrons. The van der Waals surface area contributed by atoms with E-state index in [0.29, 0.717) is 30.9 Å². The van der Waals surface area contributed by atoms with Crippen LogP contribution in [-0.2, 0) is 11.2 Å². The van der Waals surface area contributed by atoms with Crippen LogP contribution in [0.3, 0.4) is 0 Å². The molecule has 5 heteroatoms. The normalized spacial score (nSPS) is 15.2. The summed E-state index contributed by atoms with van der Waals surface area (Å²) in [4.78, 5) is 25.3. The van der Waals surface area contributed by atoms with Crippen molar-refractivity contribution in [3.8, 4) is 0 Å². The summed E-state index contributed by atoms with van der Waals surface area (Å²) in [5, 5.41) is 12.5. The van der Waals surface area contributed by atoms with Gasteiger partial charge >= 0.3 is 0 Å². The topological polar surface area (TPSA) is 69.6 Å². The molecule has 0 heterocycles. The number of aliphatic hydroxyl groups is 1. The molecule has 0 spiro atoms. The van der Waals surface area contributed by atoms with Crippen LogP contribution in [0.2, 0.25) is 0 Å². The molecule has 0 saturated heterocycles. The predicted octanol–water partition coefficient (Wildman–Crippen LogP) is 1.21. The zero-order chi connectivity index (χ0) is 16.1. The summed E-state index contributed by atoms with van der Waals surface area (Å²) >= 11 is 0. The number of amides is 2. The van der Waals surface area contributed by atoms with E-state index in [2.05, 4.69) is 5.32 Å². The van der Waals surface area contributed by atoms with E-state index in [9.17, 15) is 14.7 Å². The molecule has 1 aromatic rings. The first-order valence-corrected chi connectivity index (χ1v) is 7.74. The quantitative estimate of drug-likeness (QED) is 0.795. The molecule has 2 N–H and O–H groups in total. The zero-order valence-electron chi connectivity index (χ0n) is 13.2. The van der Waals surface area contributed by atoms with Crippen LogP contribution in [-0.4, -0.2) is 48.6 Å². The third-order valence-electron chi connectivity index (χ3n) is 4.10. The molecule has 2 amide bonds. The van der Waals surface area contributed by atoms with Gasteiger partial charge < -0.3 is 15.3 Å². The minimum Gasteiger partial charge on any atom is -0.391 e. The van der Waals surface area contributed by atoms with Gasteiger partial charge in [-0.1, -0.05) is 12.1 Å². The van der Waals surface area contributed by atoms with Crippen molar-refractivity contribution in [2.24, 2.45) is 5.92 Å². The molecular formula is C17H24N2O3. The fourth-order valence-corrected chi connectivity index (χ4v) is 2.47. The largest absolute Gasteiger partial charge is 0.391 e. The number of hydrogen-bond acceptors (Lipinski definition) is 3. The van der Waals surface area contributed by atoms with Crippen molar-refractivity contribution in [3.63, 3.8) is 0 Å². The highest BCUT2D eigenvalue weighted by molar-refractivity contribution is 5.94. The number of benzene rings is 1. The minimum atomic E-state index is -0.398. The van der Waals surface area contributed by atoms with Crippen molar-refractivity contribution in [1.82, 2.24) is 10.2 Å². The molecule has 1 aliphatic rings. The van der Waals surface area contributed by atoms with Gasteiger partial charge in [-0.3, -0.25) is 9.59 Å². The van der Waals surface area contributed by atoms with E-state index >= 15 is 0 Å². The summed E-state index contributed by atoms with van der Waals surface area (Å²) in [5.74, 6) is 0.266. The standard InChI is InChI=1S/C17H24N2O3/c1-18-17(22)14-5-3-4-12(10-14)6-9-16(21)19(2)11-15(20)13-7-8-13/h3-5,10,13,15,20H,6-9,11H2,1-2H3,(H,18,22). The Bertz CT molecular complexity index is 540. The van der Waals surface area contributed by atoms with Gasteiger partial charge in [0.15, 0.2) is 0 Å². The van der Waals surface area contributed by atoms with Crippen LogP contribution < -0.4 is 5.32 Å². The number of aliphatic hydroxyl groups excluding tert-OH is 1. The van der Waals surface area contributed by atoms with Crippen molar-refractivity contribution >= 4 is 11.8 Å². The van der Waals surface area contributed by atoms with Gasteiger partial charge in [0.25, 0.3) is 5.91 Å². The van der Waals surface area contributed by atoms with Crippen LogP contribution in [0.25, 0.3) is 0 Å². The van der Waals surface area contributed by atoms with Gasteiger partial charge in [-0.25, -0.2) is 0 Å². The van der Waals surface area contributed by atoms with Crippen LogP contribution >= 0.6 is 0 Å². The van der Waals surface area contributed by atoms with Crippen molar-refractivity contribution < 1.29 is 14.7 Å². The second-order valence-electron chi connectivity index (χ2n) is 5.96. The molecule has 0 aliphatic heterocycles. The highest BCUT2D eigenvalue weighted by atomic mass is 16.3. The van der Waals surface area contributed by atoms with Gasteiger partial charge in [0.2, 0.25) is 5.91 Å². The van der Waals surface area contributed by atoms with Crippen molar-refractivity contribution in [3.05, 3.63) is 35.4 Å². The number of rotatable bonds is 7. The average molecular weight is 304 g/mol. The minimum absolute atomic E-state index is 0.0186. The summed E-state index contributed by atoms with van der Waals surface area (Å²) in [7, 11) is 3.33. The van der Waals surface area contributed by atoms with Crippen molar-refractivity contribution in [2.75, 3.05) is 20.6 Å². The van der Waals surface area contributed by atoms with E-state index < -0.39 is 6.10 Å². The number of carbonyl (C=O) groups is 2. The SMILES string of the molecule is CNC(=O)c1cccc(CCC(=O)N(C)CC(O)C2CC2)c1. The molecule has 1 aliphatic carbocycles. The van der Waals surface area contributed by atoms with Crippen molar-refractivity contribution in [1.29, 1.82) is 0 Å². The van der Waals surface area contributed by atoms with E-state index in [1.54, 1.807) is 25.1 Å². The van der Waals surface area contributed by atoms with Gasteiger partial charge in [-0.05, 0) is 42.9 Å². The predicted molar refractivity (Wildman–Crippen MR) is 84.5 cm³/mol. The highest BCUT2D eigenvalue weighted by Gasteiger charge is 2.30. The zero-order valence-corrected chi connectivity index (χ0v) is 13.2. The van der Waals surface area contributed by atoms with Gasteiger partial charge in [0.1, 0.15) is 0 Å². The molecule has 120 valence electrons. The molecule has 1 saturated carbocycles. The summed E-state index contributed by atoms with van der Waals surface area (Å²) < 4.78 is 0. The Balaban J connectivity index is 1.83. The molecule has 1 atom stereocenters. The Morgan fingerprint density at radius 2 is 2.14 bits per heavy atom. The molecule has 0 aromatic heterocycles. The van der Waals surface area contributed by atoms with Crippen LogP contribution in [0.15, 0.2) is 24.3 Å². The summed E-state index contributed by atoms with van der Waals surface area (Å²) in [6, 6.07) is 7.30. The molecule has 22 heavy (non-hydrogen) atoms. The number of carbonyl (C=O) groups excluding carboxylic acids is 2. The molecule has 0 bridgehead atoms. The average Bonchev–Trinajstić information content (AvgIpc) is 3.36. The fraction of sp³-hybridized carbons (Fsp3) is 0.529. The maximum atomic E-state index is 12.1. The Labute approximate surface area is 131 Å². The molecule has 1 fully saturated rings. The molecule has 1 unspecified atom stereocenters. The number of aryl methyl sites for hydroxylation is 1. The van der Waals surface area contributed by atoms with E-state index in [0.717, 1.165) is 18.4 Å². The Hall–Kier alpha value is -1.88. The maximum Gasteiger partial charge on any atom is 0.251 e. The summed E-state index contributed by atoms with van der Waals surface area (Å²) in [5.41, 5.74) is 1.57. The van der Waals surface area contributed by atoms with Crippen LogP contribution in [0, 0.1) is 5.92 Å². The summed E-state index contributed by atoms with van der Waals surface area (Å²) in [6.45, 7) is 0.405. The van der Waals surface area contributed by atoms with E-state index in [-0.39, 0.29) is 11.8 Å². The lowest BCUT2D eigenvalue weighted by molar-refractivity contribution is -0.131. The summed E-state index contributed by atoms with van der Waals surface area (Å²) in [6.07, 6.45) is 2.70. The smallest absolute Gasteiger partial charge is 0.251 e. The second-order valence-corrected chi connectivity index (χ2v) is 5.96. The van der Waals surface area contributed by atoms with E-state index in [1.165, 1.54) is 0 Å². The van der Waals surface area contributed by atoms with Gasteiger partial charge in [-0.2, -0.15) is 0 Å². The van der Waals surface area contributed by atoms with Crippen molar-refractivity contribution in [2.45, 2.75) is 31.8 Å². The molecule has 2 rings (SSSR count). The third-order valence-corrected chi connectivity index (χ3v) is 4.10. The lowest BCUT2D eigenvalue weighted by atomic mass is 10.1. The first kappa shape index (κ1) is 16.5. The van der Waals surface area contributed by atoms with Gasteiger partial charge in [0.05, 0.1) is 6.10 Å². The van der Waals surface area contributed by atoms with Gasteiger partial charge in [0, 0.05) is 32.6 Å². The second kappa shape index (κ2) is 7.40. The Kier molecular flexibility index (Phi) is 5.55.